The Morgan fingerprint density at radius 3 is 2.76 bits per heavy atom. The van der Waals surface area contributed by atoms with Gasteiger partial charge in [-0.3, -0.25) is 0 Å². The fourth-order valence-electron chi connectivity index (χ4n) is 2.28. The molecule has 0 saturated carbocycles. The topological polar surface area (TPSA) is 35.8 Å². The Morgan fingerprint density at radius 1 is 1.00 bits per heavy atom. The Kier molecular flexibility index (Phi) is 2.31. The van der Waals surface area contributed by atoms with Crippen molar-refractivity contribution in [1.29, 1.82) is 5.26 Å². The van der Waals surface area contributed by atoms with Gasteiger partial charge < -0.3 is 5.32 Å². The zero-order chi connectivity index (χ0) is 11.7. The van der Waals surface area contributed by atoms with E-state index in [4.69, 9.17) is 5.26 Å². The zero-order valence-electron chi connectivity index (χ0n) is 9.40. The maximum absolute atomic E-state index is 8.91. The molecule has 0 amide bonds. The lowest BCUT2D eigenvalue weighted by molar-refractivity contribution is 1.12. The summed E-state index contributed by atoms with van der Waals surface area (Å²) in [6.45, 7) is 0.794. The quantitative estimate of drug-likeness (QED) is 0.740. The number of nitrogens with one attached hydrogen (secondary N) is 1. The lowest BCUT2D eigenvalue weighted by Crippen LogP contribution is -1.99. The molecular weight excluding hydrogens is 208 g/mol. The third kappa shape index (κ3) is 1.76. The molecule has 1 aliphatic rings. The maximum atomic E-state index is 8.91. The first-order chi connectivity index (χ1) is 8.36. The molecule has 0 fully saturated rings. The summed E-state index contributed by atoms with van der Waals surface area (Å²) in [6.07, 6.45) is 0.935. The Labute approximate surface area is 101 Å². The second-order valence-corrected chi connectivity index (χ2v) is 4.28. The number of hydrogen-bond acceptors (Lipinski definition) is 2. The van der Waals surface area contributed by atoms with Crippen molar-refractivity contribution in [3.05, 3.63) is 64.7 Å². The summed E-state index contributed by atoms with van der Waals surface area (Å²) in [5.74, 6) is 0. The summed E-state index contributed by atoms with van der Waals surface area (Å²) in [5.41, 5.74) is 5.77. The van der Waals surface area contributed by atoms with Gasteiger partial charge in [-0.1, -0.05) is 24.3 Å². The van der Waals surface area contributed by atoms with Crippen LogP contribution in [-0.2, 0) is 13.0 Å². The van der Waals surface area contributed by atoms with Gasteiger partial charge in [0.2, 0.25) is 0 Å². The molecule has 0 saturated heterocycles. The summed E-state index contributed by atoms with van der Waals surface area (Å²) in [5, 5.41) is 12.3. The average molecular weight is 220 g/mol. The molecule has 1 N–H and O–H groups in total. The highest BCUT2D eigenvalue weighted by molar-refractivity contribution is 5.56. The highest BCUT2D eigenvalue weighted by Gasteiger charge is 2.12. The molecule has 1 heterocycles. The van der Waals surface area contributed by atoms with Crippen LogP contribution in [0, 0.1) is 11.3 Å². The minimum absolute atomic E-state index is 0.733. The van der Waals surface area contributed by atoms with E-state index in [1.165, 1.54) is 22.4 Å². The second kappa shape index (κ2) is 3.95. The van der Waals surface area contributed by atoms with Gasteiger partial charge in [0.25, 0.3) is 0 Å². The molecular formula is C15H12N2. The zero-order valence-corrected chi connectivity index (χ0v) is 9.40. The smallest absolute Gasteiger partial charge is 0.0991 e. The van der Waals surface area contributed by atoms with Crippen molar-refractivity contribution in [2.75, 3.05) is 5.32 Å². The fraction of sp³-hybridized carbons (Fsp3) is 0.133. The number of para-hydroxylation sites is 1. The number of rotatable bonds is 0. The van der Waals surface area contributed by atoms with Crippen molar-refractivity contribution in [2.45, 2.75) is 13.0 Å². The maximum Gasteiger partial charge on any atom is 0.0991 e. The summed E-state index contributed by atoms with van der Waals surface area (Å²) < 4.78 is 0. The van der Waals surface area contributed by atoms with Crippen LogP contribution in [0.1, 0.15) is 22.3 Å². The van der Waals surface area contributed by atoms with E-state index in [-0.39, 0.29) is 0 Å². The fourth-order valence-corrected chi connectivity index (χ4v) is 2.28. The molecule has 0 aromatic heterocycles. The van der Waals surface area contributed by atoms with Gasteiger partial charge in [0, 0.05) is 12.2 Å². The summed E-state index contributed by atoms with van der Waals surface area (Å²) >= 11 is 0. The molecule has 0 spiro atoms. The van der Waals surface area contributed by atoms with E-state index in [1.807, 2.05) is 18.2 Å². The SMILES string of the molecule is N#Cc1ccc2c(c1)CNc1ccccc1C2. The third-order valence-electron chi connectivity index (χ3n) is 3.20. The van der Waals surface area contributed by atoms with E-state index < -0.39 is 0 Å². The van der Waals surface area contributed by atoms with Gasteiger partial charge in [0.1, 0.15) is 0 Å². The van der Waals surface area contributed by atoms with Gasteiger partial charge >= 0.3 is 0 Å². The van der Waals surface area contributed by atoms with Crippen LogP contribution < -0.4 is 5.32 Å². The van der Waals surface area contributed by atoms with E-state index in [1.54, 1.807) is 0 Å². The van der Waals surface area contributed by atoms with Crippen LogP contribution in [0.25, 0.3) is 0 Å². The minimum atomic E-state index is 0.733. The third-order valence-corrected chi connectivity index (χ3v) is 3.20. The monoisotopic (exact) mass is 220 g/mol. The molecule has 2 aromatic carbocycles. The average Bonchev–Trinajstić information content (AvgIpc) is 2.57. The first kappa shape index (κ1) is 9.92. The molecule has 17 heavy (non-hydrogen) atoms. The van der Waals surface area contributed by atoms with Gasteiger partial charge in [0.05, 0.1) is 11.6 Å². The van der Waals surface area contributed by atoms with Crippen molar-refractivity contribution in [3.63, 3.8) is 0 Å². The van der Waals surface area contributed by atoms with E-state index in [2.05, 4.69) is 35.7 Å². The molecule has 2 nitrogen and oxygen atoms in total. The van der Waals surface area contributed by atoms with Crippen LogP contribution in [0.3, 0.4) is 0 Å². The van der Waals surface area contributed by atoms with Gasteiger partial charge in [-0.25, -0.2) is 0 Å². The number of fused-ring (bicyclic) bond motifs is 2. The Bertz CT molecular complexity index is 609. The Hall–Kier alpha value is -2.27. The first-order valence-corrected chi connectivity index (χ1v) is 5.70. The number of benzene rings is 2. The Balaban J connectivity index is 2.07. The van der Waals surface area contributed by atoms with Crippen LogP contribution in [0.2, 0.25) is 0 Å². The number of anilines is 1. The summed E-state index contributed by atoms with van der Waals surface area (Å²) in [6, 6.07) is 16.5. The number of nitrogens with zero attached hydrogens (tertiary/aromatic N) is 1. The van der Waals surface area contributed by atoms with Gasteiger partial charge in [-0.05, 0) is 41.3 Å². The molecule has 82 valence electrons. The van der Waals surface area contributed by atoms with Crippen molar-refractivity contribution in [3.8, 4) is 6.07 Å². The van der Waals surface area contributed by atoms with Crippen LogP contribution in [0.5, 0.6) is 0 Å². The van der Waals surface area contributed by atoms with E-state index in [0.717, 1.165) is 18.5 Å². The summed E-state index contributed by atoms with van der Waals surface area (Å²) in [4.78, 5) is 0. The van der Waals surface area contributed by atoms with Crippen LogP contribution in [-0.4, -0.2) is 0 Å². The van der Waals surface area contributed by atoms with E-state index in [9.17, 15) is 0 Å². The van der Waals surface area contributed by atoms with Crippen LogP contribution in [0.4, 0.5) is 5.69 Å². The van der Waals surface area contributed by atoms with Crippen molar-refractivity contribution in [2.24, 2.45) is 0 Å². The Morgan fingerprint density at radius 2 is 1.88 bits per heavy atom. The highest BCUT2D eigenvalue weighted by atomic mass is 14.9. The standard InChI is InChI=1S/C15H12N2/c16-9-11-5-6-12-8-13-3-1-2-4-15(13)17-10-14(12)7-11/h1-7,17H,8,10H2. The predicted molar refractivity (Wildman–Crippen MR) is 67.7 cm³/mol. The molecule has 1 aliphatic heterocycles. The molecule has 2 aromatic rings. The van der Waals surface area contributed by atoms with Crippen LogP contribution in [0.15, 0.2) is 42.5 Å². The van der Waals surface area contributed by atoms with Gasteiger partial charge in [-0.2, -0.15) is 5.26 Å². The van der Waals surface area contributed by atoms with E-state index >= 15 is 0 Å². The van der Waals surface area contributed by atoms with Crippen LogP contribution >= 0.6 is 0 Å². The van der Waals surface area contributed by atoms with Crippen molar-refractivity contribution in [1.82, 2.24) is 0 Å². The molecule has 2 heteroatoms. The van der Waals surface area contributed by atoms with Gasteiger partial charge in [0.15, 0.2) is 0 Å². The van der Waals surface area contributed by atoms with Gasteiger partial charge in [-0.15, -0.1) is 0 Å². The lowest BCUT2D eigenvalue weighted by Gasteiger charge is -2.05. The lowest BCUT2D eigenvalue weighted by atomic mass is 9.99. The summed E-state index contributed by atoms with van der Waals surface area (Å²) in [7, 11) is 0. The molecule has 0 radical (unpaired) electrons. The van der Waals surface area contributed by atoms with E-state index in [0.29, 0.717) is 0 Å². The second-order valence-electron chi connectivity index (χ2n) is 4.28. The highest BCUT2D eigenvalue weighted by Crippen LogP contribution is 2.26. The normalized spacial score (nSPS) is 12.6. The molecule has 3 rings (SSSR count). The molecule has 0 aliphatic carbocycles. The minimum Gasteiger partial charge on any atom is -0.381 e. The molecule has 0 bridgehead atoms. The molecule has 0 atom stereocenters. The largest absolute Gasteiger partial charge is 0.381 e. The van der Waals surface area contributed by atoms with Crippen molar-refractivity contribution >= 4 is 5.69 Å². The molecule has 0 unspecified atom stereocenters. The van der Waals surface area contributed by atoms with Crippen molar-refractivity contribution < 1.29 is 0 Å². The predicted octanol–water partition coefficient (Wildman–Crippen LogP) is 3.07. The number of nitriles is 1. The first-order valence-electron chi connectivity index (χ1n) is 5.70. The number of hydrogen-bond donors (Lipinski definition) is 1.